The van der Waals surface area contributed by atoms with Gasteiger partial charge in [-0.2, -0.15) is 0 Å². The summed E-state index contributed by atoms with van der Waals surface area (Å²) in [6, 6.07) is 9.34. The third-order valence-corrected chi connectivity index (χ3v) is 4.28. The lowest BCUT2D eigenvalue weighted by atomic mass is 10.1. The molecule has 0 saturated carbocycles. The van der Waals surface area contributed by atoms with Crippen LogP contribution in [0.4, 0.5) is 0 Å². The Morgan fingerprint density at radius 3 is 2.89 bits per heavy atom. The van der Waals surface area contributed by atoms with Crippen molar-refractivity contribution < 1.29 is 4.74 Å². The molecular formula is C16H23NO. The molecular weight excluding hydrogens is 222 g/mol. The topological polar surface area (TPSA) is 21.3 Å². The van der Waals surface area contributed by atoms with Crippen molar-refractivity contribution >= 4 is 0 Å². The first kappa shape index (κ1) is 12.2. The highest BCUT2D eigenvalue weighted by Crippen LogP contribution is 2.32. The highest BCUT2D eigenvalue weighted by atomic mass is 16.5. The summed E-state index contributed by atoms with van der Waals surface area (Å²) < 4.78 is 6.03. The first-order valence-corrected chi connectivity index (χ1v) is 7.13. The number of nitrogens with one attached hydrogen (secondary N) is 1. The molecule has 1 N–H and O–H groups in total. The second kappa shape index (κ2) is 4.67. The van der Waals surface area contributed by atoms with Crippen LogP contribution >= 0.6 is 0 Å². The van der Waals surface area contributed by atoms with Gasteiger partial charge >= 0.3 is 0 Å². The highest BCUT2D eigenvalue weighted by molar-refractivity contribution is 5.34. The van der Waals surface area contributed by atoms with E-state index in [0.29, 0.717) is 12.1 Å². The lowest BCUT2D eigenvalue weighted by Crippen LogP contribution is -2.31. The van der Waals surface area contributed by atoms with Gasteiger partial charge in [-0.25, -0.2) is 0 Å². The lowest BCUT2D eigenvalue weighted by molar-refractivity contribution is -0.0151. The Labute approximate surface area is 110 Å². The van der Waals surface area contributed by atoms with Crippen LogP contribution in [-0.2, 0) is 11.2 Å². The molecule has 2 unspecified atom stereocenters. The average molecular weight is 245 g/mol. The van der Waals surface area contributed by atoms with Crippen molar-refractivity contribution in [1.82, 2.24) is 5.32 Å². The van der Waals surface area contributed by atoms with E-state index in [0.717, 1.165) is 6.54 Å². The second-order valence-corrected chi connectivity index (χ2v) is 6.24. The smallest absolute Gasteiger partial charge is 0.0708 e. The summed E-state index contributed by atoms with van der Waals surface area (Å²) >= 11 is 0. The fourth-order valence-corrected chi connectivity index (χ4v) is 3.26. The zero-order chi connectivity index (χ0) is 12.6. The van der Waals surface area contributed by atoms with Crippen LogP contribution in [-0.4, -0.2) is 18.2 Å². The average Bonchev–Trinajstić information content (AvgIpc) is 2.90. The molecule has 2 atom stereocenters. The SMILES string of the molecule is CC1(C)CCC(CNC2CCc3ccccc32)O1. The summed E-state index contributed by atoms with van der Waals surface area (Å²) in [5.74, 6) is 0. The molecule has 1 aliphatic carbocycles. The maximum Gasteiger partial charge on any atom is 0.0708 e. The molecule has 0 amide bonds. The molecule has 1 aliphatic heterocycles. The molecule has 0 aromatic heterocycles. The maximum atomic E-state index is 6.03. The van der Waals surface area contributed by atoms with Crippen LogP contribution in [0.1, 0.15) is 50.3 Å². The van der Waals surface area contributed by atoms with Crippen molar-refractivity contribution in [2.24, 2.45) is 0 Å². The highest BCUT2D eigenvalue weighted by Gasteiger charge is 2.32. The molecule has 1 aromatic rings. The number of ether oxygens (including phenoxy) is 1. The number of fused-ring (bicyclic) bond motifs is 1. The van der Waals surface area contributed by atoms with Gasteiger partial charge in [0.05, 0.1) is 11.7 Å². The normalized spacial score (nSPS) is 29.4. The van der Waals surface area contributed by atoms with Gasteiger partial charge < -0.3 is 10.1 Å². The van der Waals surface area contributed by atoms with E-state index in [1.54, 1.807) is 0 Å². The van der Waals surface area contributed by atoms with Crippen LogP contribution in [0.25, 0.3) is 0 Å². The number of hydrogen-bond donors (Lipinski definition) is 1. The molecule has 0 bridgehead atoms. The van der Waals surface area contributed by atoms with Gasteiger partial charge in [-0.15, -0.1) is 0 Å². The first-order chi connectivity index (χ1) is 8.64. The van der Waals surface area contributed by atoms with E-state index in [2.05, 4.69) is 43.4 Å². The van der Waals surface area contributed by atoms with E-state index in [1.165, 1.54) is 36.8 Å². The summed E-state index contributed by atoms with van der Waals surface area (Å²) in [5, 5.41) is 3.69. The van der Waals surface area contributed by atoms with Crippen LogP contribution < -0.4 is 5.32 Å². The minimum atomic E-state index is 0.0833. The number of hydrogen-bond acceptors (Lipinski definition) is 2. The van der Waals surface area contributed by atoms with Gasteiger partial charge in [-0.1, -0.05) is 24.3 Å². The largest absolute Gasteiger partial charge is 0.371 e. The van der Waals surface area contributed by atoms with E-state index >= 15 is 0 Å². The van der Waals surface area contributed by atoms with Gasteiger partial charge in [0.15, 0.2) is 0 Å². The van der Waals surface area contributed by atoms with Crippen molar-refractivity contribution in [1.29, 1.82) is 0 Å². The maximum absolute atomic E-state index is 6.03. The number of rotatable bonds is 3. The van der Waals surface area contributed by atoms with E-state index < -0.39 is 0 Å². The fourth-order valence-electron chi connectivity index (χ4n) is 3.26. The van der Waals surface area contributed by atoms with Crippen LogP contribution in [0.3, 0.4) is 0 Å². The zero-order valence-electron chi connectivity index (χ0n) is 11.4. The minimum Gasteiger partial charge on any atom is -0.371 e. The van der Waals surface area contributed by atoms with Crippen molar-refractivity contribution in [3.8, 4) is 0 Å². The molecule has 18 heavy (non-hydrogen) atoms. The van der Waals surface area contributed by atoms with E-state index in [1.807, 2.05) is 0 Å². The Morgan fingerprint density at radius 2 is 2.11 bits per heavy atom. The Balaban J connectivity index is 1.56. The van der Waals surface area contributed by atoms with E-state index in [-0.39, 0.29) is 5.60 Å². The second-order valence-electron chi connectivity index (χ2n) is 6.24. The molecule has 2 nitrogen and oxygen atoms in total. The summed E-state index contributed by atoms with van der Waals surface area (Å²) in [4.78, 5) is 0. The molecule has 2 aliphatic rings. The van der Waals surface area contributed by atoms with Gasteiger partial charge in [0, 0.05) is 12.6 Å². The minimum absolute atomic E-state index is 0.0833. The van der Waals surface area contributed by atoms with Crippen LogP contribution in [0, 0.1) is 0 Å². The summed E-state index contributed by atoms with van der Waals surface area (Å²) in [6.07, 6.45) is 5.21. The van der Waals surface area contributed by atoms with Gasteiger partial charge in [-0.05, 0) is 50.7 Å². The third kappa shape index (κ3) is 2.45. The van der Waals surface area contributed by atoms with Crippen molar-refractivity contribution in [2.45, 2.75) is 57.3 Å². The third-order valence-electron chi connectivity index (χ3n) is 4.28. The molecule has 2 heteroatoms. The standard InChI is InChI=1S/C16H23NO/c1-16(2)10-9-13(18-16)11-17-15-8-7-12-5-3-4-6-14(12)15/h3-6,13,15,17H,7-11H2,1-2H3. The predicted molar refractivity (Wildman–Crippen MR) is 73.7 cm³/mol. The monoisotopic (exact) mass is 245 g/mol. The predicted octanol–water partition coefficient (Wildman–Crippen LogP) is 3.22. The van der Waals surface area contributed by atoms with Crippen molar-refractivity contribution in [3.05, 3.63) is 35.4 Å². The summed E-state index contributed by atoms with van der Waals surface area (Å²) in [7, 11) is 0. The molecule has 0 radical (unpaired) electrons. The Bertz CT molecular complexity index is 427. The van der Waals surface area contributed by atoms with Crippen LogP contribution in [0.15, 0.2) is 24.3 Å². The summed E-state index contributed by atoms with van der Waals surface area (Å²) in [5.41, 5.74) is 3.09. The van der Waals surface area contributed by atoms with Gasteiger partial charge in [0.25, 0.3) is 0 Å². The Kier molecular flexibility index (Phi) is 3.16. The van der Waals surface area contributed by atoms with Gasteiger partial charge in [0.1, 0.15) is 0 Å². The molecule has 0 spiro atoms. The van der Waals surface area contributed by atoms with E-state index in [9.17, 15) is 0 Å². The van der Waals surface area contributed by atoms with Gasteiger partial charge in [-0.3, -0.25) is 0 Å². The first-order valence-electron chi connectivity index (χ1n) is 7.13. The van der Waals surface area contributed by atoms with Crippen LogP contribution in [0.2, 0.25) is 0 Å². The quantitative estimate of drug-likeness (QED) is 0.883. The molecule has 1 fully saturated rings. The lowest BCUT2D eigenvalue weighted by Gasteiger charge is -2.21. The molecule has 1 saturated heterocycles. The van der Waals surface area contributed by atoms with Crippen molar-refractivity contribution in [3.63, 3.8) is 0 Å². The van der Waals surface area contributed by atoms with E-state index in [4.69, 9.17) is 4.74 Å². The van der Waals surface area contributed by atoms with Gasteiger partial charge in [0.2, 0.25) is 0 Å². The Hall–Kier alpha value is -0.860. The molecule has 1 aromatic carbocycles. The molecule has 3 rings (SSSR count). The fraction of sp³-hybridized carbons (Fsp3) is 0.625. The Morgan fingerprint density at radius 1 is 1.28 bits per heavy atom. The zero-order valence-corrected chi connectivity index (χ0v) is 11.4. The molecule has 1 heterocycles. The van der Waals surface area contributed by atoms with Crippen LogP contribution in [0.5, 0.6) is 0 Å². The number of aryl methyl sites for hydroxylation is 1. The molecule has 98 valence electrons. The van der Waals surface area contributed by atoms with Crippen molar-refractivity contribution in [2.75, 3.05) is 6.54 Å². The number of benzene rings is 1. The summed E-state index contributed by atoms with van der Waals surface area (Å²) in [6.45, 7) is 5.37.